The molecule has 1 aromatic carbocycles. The second kappa shape index (κ2) is 7.92. The fourth-order valence-electron chi connectivity index (χ4n) is 1.76. The third-order valence-electron chi connectivity index (χ3n) is 2.57. The minimum absolute atomic E-state index is 0.530. The maximum atomic E-state index is 3.88. The molecule has 0 spiro atoms. The molecule has 0 saturated heterocycles. The topological polar surface area (TPSA) is 0 Å². The van der Waals surface area contributed by atoms with E-state index in [1.54, 1.807) is 0 Å². The standard InChI is InChI=1S/C14H18.C4H10/c1-6-12-11(5)8-9-14(10(3)4)13(12)7-2;1-4(2)3/h6-10H,1-2H2,3-5H3;4H,1-3H3. The van der Waals surface area contributed by atoms with Gasteiger partial charge in [0.2, 0.25) is 0 Å². The molecule has 18 heavy (non-hydrogen) atoms. The summed E-state index contributed by atoms with van der Waals surface area (Å²) < 4.78 is 0. The normalized spacial score (nSPS) is 10.0. The fourth-order valence-corrected chi connectivity index (χ4v) is 1.76. The predicted octanol–water partition coefficient (Wildman–Crippen LogP) is 6.07. The molecule has 0 heteroatoms. The third kappa shape index (κ3) is 4.91. The van der Waals surface area contributed by atoms with Crippen molar-refractivity contribution in [1.82, 2.24) is 0 Å². The summed E-state index contributed by atoms with van der Waals surface area (Å²) in [6.07, 6.45) is 3.84. The van der Waals surface area contributed by atoms with Gasteiger partial charge >= 0.3 is 0 Å². The van der Waals surface area contributed by atoms with Gasteiger partial charge in [0, 0.05) is 0 Å². The van der Waals surface area contributed by atoms with Gasteiger partial charge in [-0.15, -0.1) is 0 Å². The van der Waals surface area contributed by atoms with Gasteiger partial charge in [-0.3, -0.25) is 0 Å². The first-order valence-electron chi connectivity index (χ1n) is 6.73. The number of rotatable bonds is 3. The maximum absolute atomic E-state index is 3.88. The van der Waals surface area contributed by atoms with E-state index >= 15 is 0 Å². The molecule has 0 saturated carbocycles. The second-order valence-electron chi connectivity index (χ2n) is 5.59. The minimum Gasteiger partial charge on any atom is -0.0984 e. The molecule has 0 aliphatic heterocycles. The highest BCUT2D eigenvalue weighted by atomic mass is 14.1. The molecule has 0 radical (unpaired) electrons. The predicted molar refractivity (Wildman–Crippen MR) is 86.0 cm³/mol. The summed E-state index contributed by atoms with van der Waals surface area (Å²) in [5.41, 5.74) is 5.06. The smallest absolute Gasteiger partial charge is 0.0153 e. The minimum atomic E-state index is 0.530. The molecule has 0 aliphatic carbocycles. The van der Waals surface area contributed by atoms with Crippen molar-refractivity contribution < 1.29 is 0 Å². The van der Waals surface area contributed by atoms with Crippen molar-refractivity contribution in [2.24, 2.45) is 5.92 Å². The van der Waals surface area contributed by atoms with Crippen LogP contribution in [0.5, 0.6) is 0 Å². The highest BCUT2D eigenvalue weighted by Gasteiger charge is 2.08. The number of aryl methyl sites for hydroxylation is 1. The van der Waals surface area contributed by atoms with Crippen LogP contribution in [-0.4, -0.2) is 0 Å². The summed E-state index contributed by atoms with van der Waals surface area (Å²) >= 11 is 0. The van der Waals surface area contributed by atoms with E-state index in [0.717, 1.165) is 5.92 Å². The van der Waals surface area contributed by atoms with Crippen molar-refractivity contribution in [3.05, 3.63) is 47.5 Å². The summed E-state index contributed by atoms with van der Waals surface area (Å²) in [7, 11) is 0. The lowest BCUT2D eigenvalue weighted by Gasteiger charge is -2.14. The van der Waals surface area contributed by atoms with E-state index in [4.69, 9.17) is 0 Å². The molecule has 0 fully saturated rings. The average molecular weight is 244 g/mol. The Hall–Kier alpha value is -1.30. The Balaban J connectivity index is 0.000000631. The maximum Gasteiger partial charge on any atom is -0.0153 e. The zero-order chi connectivity index (χ0) is 14.3. The van der Waals surface area contributed by atoms with E-state index in [1.807, 2.05) is 12.2 Å². The van der Waals surface area contributed by atoms with E-state index in [0.29, 0.717) is 5.92 Å². The second-order valence-corrected chi connectivity index (χ2v) is 5.59. The summed E-state index contributed by atoms with van der Waals surface area (Å²) in [5, 5.41) is 0. The number of hydrogen-bond acceptors (Lipinski definition) is 0. The van der Waals surface area contributed by atoms with Crippen LogP contribution in [0.25, 0.3) is 12.2 Å². The first-order valence-corrected chi connectivity index (χ1v) is 6.73. The van der Waals surface area contributed by atoms with E-state index < -0.39 is 0 Å². The molecule has 1 rings (SSSR count). The monoisotopic (exact) mass is 244 g/mol. The Kier molecular flexibility index (Phi) is 7.35. The first-order chi connectivity index (χ1) is 8.34. The van der Waals surface area contributed by atoms with Crippen molar-refractivity contribution in [3.8, 4) is 0 Å². The molecule has 0 amide bonds. The highest BCUT2D eigenvalue weighted by Crippen LogP contribution is 2.26. The lowest BCUT2D eigenvalue weighted by Crippen LogP contribution is -1.96. The molecule has 0 aromatic heterocycles. The van der Waals surface area contributed by atoms with Gasteiger partial charge in [0.1, 0.15) is 0 Å². The average Bonchev–Trinajstić information content (AvgIpc) is 2.27. The third-order valence-corrected chi connectivity index (χ3v) is 2.57. The quantitative estimate of drug-likeness (QED) is 0.605. The van der Waals surface area contributed by atoms with Gasteiger partial charge in [-0.2, -0.15) is 0 Å². The molecular weight excluding hydrogens is 216 g/mol. The van der Waals surface area contributed by atoms with Gasteiger partial charge in [0.05, 0.1) is 0 Å². The molecule has 0 nitrogen and oxygen atoms in total. The van der Waals surface area contributed by atoms with E-state index in [2.05, 4.69) is 66.8 Å². The van der Waals surface area contributed by atoms with E-state index in [-0.39, 0.29) is 0 Å². The van der Waals surface area contributed by atoms with Gasteiger partial charge in [-0.25, -0.2) is 0 Å². The molecule has 0 heterocycles. The van der Waals surface area contributed by atoms with Crippen LogP contribution in [0.15, 0.2) is 25.3 Å². The van der Waals surface area contributed by atoms with Crippen LogP contribution < -0.4 is 0 Å². The van der Waals surface area contributed by atoms with Gasteiger partial charge in [0.25, 0.3) is 0 Å². The van der Waals surface area contributed by atoms with Crippen molar-refractivity contribution in [1.29, 1.82) is 0 Å². The highest BCUT2D eigenvalue weighted by molar-refractivity contribution is 5.69. The summed E-state index contributed by atoms with van der Waals surface area (Å²) in [5.74, 6) is 1.36. The van der Waals surface area contributed by atoms with Crippen LogP contribution in [0.2, 0.25) is 0 Å². The van der Waals surface area contributed by atoms with Crippen molar-refractivity contribution >= 4 is 12.2 Å². The molecule has 0 N–H and O–H groups in total. The largest absolute Gasteiger partial charge is 0.0984 e. The summed E-state index contributed by atoms with van der Waals surface area (Å²) in [6, 6.07) is 4.34. The van der Waals surface area contributed by atoms with Crippen LogP contribution in [0.1, 0.15) is 62.8 Å². The SMILES string of the molecule is C=Cc1c(C)ccc(C(C)C)c1C=C.CC(C)C. The number of hydrogen-bond donors (Lipinski definition) is 0. The van der Waals surface area contributed by atoms with Crippen molar-refractivity contribution in [3.63, 3.8) is 0 Å². The van der Waals surface area contributed by atoms with E-state index in [1.165, 1.54) is 22.3 Å². The Labute approximate surface area is 113 Å². The first kappa shape index (κ1) is 16.7. The molecule has 1 aromatic rings. The summed E-state index contributed by atoms with van der Waals surface area (Å²) in [6.45, 7) is 20.7. The van der Waals surface area contributed by atoms with Crippen LogP contribution in [0.4, 0.5) is 0 Å². The van der Waals surface area contributed by atoms with E-state index in [9.17, 15) is 0 Å². The van der Waals surface area contributed by atoms with Crippen LogP contribution in [0, 0.1) is 12.8 Å². The van der Waals surface area contributed by atoms with Gasteiger partial charge < -0.3 is 0 Å². The summed E-state index contributed by atoms with van der Waals surface area (Å²) in [4.78, 5) is 0. The molecule has 0 bridgehead atoms. The number of benzene rings is 1. The van der Waals surface area contributed by atoms with Crippen LogP contribution >= 0.6 is 0 Å². The van der Waals surface area contributed by atoms with Crippen molar-refractivity contribution in [2.75, 3.05) is 0 Å². The lowest BCUT2D eigenvalue weighted by molar-refractivity contribution is 0.737. The Morgan fingerprint density at radius 2 is 1.33 bits per heavy atom. The van der Waals surface area contributed by atoms with Gasteiger partial charge in [-0.1, -0.05) is 72.1 Å². The Morgan fingerprint density at radius 3 is 1.67 bits per heavy atom. The molecule has 100 valence electrons. The van der Waals surface area contributed by atoms with Gasteiger partial charge in [-0.05, 0) is 41.0 Å². The van der Waals surface area contributed by atoms with Crippen LogP contribution in [0.3, 0.4) is 0 Å². The molecular formula is C18H28. The van der Waals surface area contributed by atoms with Crippen LogP contribution in [-0.2, 0) is 0 Å². The zero-order valence-electron chi connectivity index (χ0n) is 12.9. The Morgan fingerprint density at radius 1 is 0.889 bits per heavy atom. The zero-order valence-corrected chi connectivity index (χ0v) is 12.9. The van der Waals surface area contributed by atoms with Gasteiger partial charge in [0.15, 0.2) is 0 Å². The Bertz CT molecular complexity index is 392. The fraction of sp³-hybridized carbons (Fsp3) is 0.444. The molecule has 0 atom stereocenters. The molecule has 0 aliphatic rings. The van der Waals surface area contributed by atoms with Crippen molar-refractivity contribution in [2.45, 2.75) is 47.5 Å². The molecule has 0 unspecified atom stereocenters. The lowest BCUT2D eigenvalue weighted by atomic mass is 9.90.